The Morgan fingerprint density at radius 3 is 0.692 bits per heavy atom. The van der Waals surface area contributed by atoms with Crippen molar-refractivity contribution in [2.24, 2.45) is 0 Å². The Hall–Kier alpha value is -2.40. The molecule has 3 rings (SSSR count). The molecule has 2 fully saturated rings. The molecule has 0 aliphatic carbocycles. The summed E-state index contributed by atoms with van der Waals surface area (Å²) in [6, 6.07) is 1.20. The van der Waals surface area contributed by atoms with Gasteiger partial charge in [-0.1, -0.05) is 199 Å². The Balaban J connectivity index is -0.000000377. The van der Waals surface area contributed by atoms with E-state index in [2.05, 4.69) is 269 Å². The van der Waals surface area contributed by atoms with Crippen molar-refractivity contribution in [3.8, 4) is 11.5 Å². The lowest BCUT2D eigenvalue weighted by Gasteiger charge is -2.48. The second-order valence-electron chi connectivity index (χ2n) is 26.4. The molecule has 2 saturated heterocycles. The first-order valence-electron chi connectivity index (χ1n) is 43.0. The van der Waals surface area contributed by atoms with Gasteiger partial charge in [0.25, 0.3) is 0 Å². The maximum Gasteiger partial charge on any atom is 0.446 e. The molecule has 0 bridgehead atoms. The van der Waals surface area contributed by atoms with Gasteiger partial charge in [-0.25, -0.2) is 29.3 Å². The molecule has 48 nitrogen and oxygen atoms in total. The molecule has 2 aliphatic heterocycles. The van der Waals surface area contributed by atoms with Crippen molar-refractivity contribution in [2.45, 2.75) is 252 Å². The molecule has 788 valence electrons. The van der Waals surface area contributed by atoms with Crippen LogP contribution in [0.15, 0.2) is 23.1 Å². The van der Waals surface area contributed by atoms with E-state index in [4.69, 9.17) is 23.3 Å². The molecular weight excluding hydrogens is 1940 g/mol. The molecule has 0 unspecified atom stereocenters. The van der Waals surface area contributed by atoms with Crippen LogP contribution in [0, 0.1) is 0 Å². The van der Waals surface area contributed by atoms with Crippen molar-refractivity contribution in [2.75, 3.05) is 190 Å². The molecular formula is C72H161N9O39S10. The van der Waals surface area contributed by atoms with Gasteiger partial charge < -0.3 is 66.7 Å². The fourth-order valence-corrected chi connectivity index (χ4v) is 16.3. The summed E-state index contributed by atoms with van der Waals surface area (Å²) in [7, 11) is -53.8. The number of nitrogens with zero attached hydrogens (tertiary/aromatic N) is 9. The zero-order chi connectivity index (χ0) is 103. The summed E-state index contributed by atoms with van der Waals surface area (Å²) in [5.74, 6) is -2.26. The molecule has 0 saturated carbocycles. The van der Waals surface area contributed by atoms with E-state index in [0.29, 0.717) is 18.2 Å². The van der Waals surface area contributed by atoms with Crippen LogP contribution < -0.4 is 8.37 Å². The maximum atomic E-state index is 12.3. The monoisotopic (exact) mass is 2100 g/mol. The van der Waals surface area contributed by atoms with Gasteiger partial charge in [0, 0.05) is 0 Å². The third-order valence-corrected chi connectivity index (χ3v) is 24.2. The van der Waals surface area contributed by atoms with E-state index in [1.165, 1.54) is 177 Å². The summed E-state index contributed by atoms with van der Waals surface area (Å²) in [4.78, 5) is 20.3. The average Bonchev–Trinajstić information content (AvgIpc) is 0.753. The first kappa shape index (κ1) is 141. The van der Waals surface area contributed by atoms with E-state index in [-0.39, 0.29) is 11.8 Å². The van der Waals surface area contributed by atoms with Gasteiger partial charge in [-0.05, 0) is 195 Å². The Kier molecular flexibility index (Phi) is 81.7. The van der Waals surface area contributed by atoms with E-state index >= 15 is 0 Å². The van der Waals surface area contributed by atoms with Crippen molar-refractivity contribution < 1.29 is 169 Å². The van der Waals surface area contributed by atoms with Gasteiger partial charge in [0.15, 0.2) is 18.1 Å². The number of thioether (sulfide) groups is 1. The van der Waals surface area contributed by atoms with E-state index in [1.807, 2.05) is 0 Å². The fourth-order valence-electron chi connectivity index (χ4n) is 11.2. The second-order valence-corrected chi connectivity index (χ2v) is 37.0. The molecule has 58 heteroatoms. The van der Waals surface area contributed by atoms with Crippen LogP contribution >= 0.6 is 11.8 Å². The third kappa shape index (κ3) is 76.6. The first-order chi connectivity index (χ1) is 59.9. The molecule has 1 aromatic carbocycles. The third-order valence-electron chi connectivity index (χ3n) is 19.0. The first-order valence-corrected chi connectivity index (χ1v) is 56.2. The van der Waals surface area contributed by atoms with Gasteiger partial charge in [0.1, 0.15) is 53.9 Å². The van der Waals surface area contributed by atoms with Crippen LogP contribution in [0.3, 0.4) is 0 Å². The minimum absolute atomic E-state index is 0.320. The molecule has 10 atom stereocenters. The van der Waals surface area contributed by atoms with E-state index < -0.39 is 184 Å². The van der Waals surface area contributed by atoms with E-state index in [1.54, 1.807) is 0 Å². The lowest BCUT2D eigenvalue weighted by Crippen LogP contribution is -2.66. The van der Waals surface area contributed by atoms with E-state index in [0.717, 1.165) is 0 Å². The van der Waals surface area contributed by atoms with Crippen LogP contribution in [0.2, 0.25) is 0 Å². The summed E-state index contributed by atoms with van der Waals surface area (Å²) in [6.07, 6.45) is -28.9. The fraction of sp³-hybridized carbons (Fsp3) is 0.917. The van der Waals surface area contributed by atoms with E-state index in [9.17, 15) is 108 Å². The molecule has 1 aromatic rings. The Morgan fingerprint density at radius 1 is 0.262 bits per heavy atom. The van der Waals surface area contributed by atoms with Gasteiger partial charge in [0.05, 0.1) is 18.1 Å². The standard InChI is InChI=1S/C18H26O39S10.9C6H15N/c19-59(20,21)46-4-8-11(50-17-15(56-66(40,41)42)14(55-65(37,38)39)12(53-63(31,32)33)9(48-17)5-47-60(22,23)24)13(54-64(34,35)36)16(57-67(43,44)45)18(49-8)58-10-3-6(51-61(25,26)27)1-2-7(10)52-62(28,29)30;9*1-4-7(5-2)6-3/h1-3,8-9,11-18H,4-5H2,(H,19,20,21)(H,22,23,24)(H,25,26,27)(H,28,29,30)(H,31,32,33)(H,34,35,36)(H,37,38,39)(H,40,41,42)(H,43,44,45);9*4-6H2,1-3H3/t8-,9-,11-,12-,13+,14+,15-,16-,17-,18+;;;;;;;;;/m1........./s1. The highest BCUT2D eigenvalue weighted by molar-refractivity contribution is 8.00. The van der Waals surface area contributed by atoms with Crippen LogP contribution in [0.1, 0.15) is 187 Å². The van der Waals surface area contributed by atoms with Gasteiger partial charge in [-0.3, -0.25) is 41.0 Å². The summed E-state index contributed by atoms with van der Waals surface area (Å²) in [5.41, 5.74) is -2.76. The highest BCUT2D eigenvalue weighted by Gasteiger charge is 2.59. The van der Waals surface area contributed by atoms with Gasteiger partial charge in [-0.15, -0.1) is 0 Å². The highest BCUT2D eigenvalue weighted by Crippen LogP contribution is 2.44. The summed E-state index contributed by atoms with van der Waals surface area (Å²) in [5, 5.41) is 0. The van der Waals surface area contributed by atoms with Crippen LogP contribution in [-0.2, 0) is 137 Å². The van der Waals surface area contributed by atoms with Crippen molar-refractivity contribution >= 4 is 105 Å². The van der Waals surface area contributed by atoms with Gasteiger partial charge in [0.2, 0.25) is 0 Å². The maximum absolute atomic E-state index is 12.3. The molecule has 130 heavy (non-hydrogen) atoms. The van der Waals surface area contributed by atoms with Crippen molar-refractivity contribution in [3.05, 3.63) is 18.2 Å². The predicted octanol–water partition coefficient (Wildman–Crippen LogP) is 6.69. The quantitative estimate of drug-likeness (QED) is 0.0307. The molecule has 2 heterocycles. The smallest absolute Gasteiger partial charge is 0.362 e. The molecule has 0 aromatic heterocycles. The predicted molar refractivity (Wildman–Crippen MR) is 497 cm³/mol. The second kappa shape index (κ2) is 75.5. The molecule has 0 radical (unpaired) electrons. The Bertz CT molecular complexity index is 3840. The lowest BCUT2D eigenvalue weighted by atomic mass is 9.97. The average molecular weight is 2100 g/mol. The zero-order valence-electron chi connectivity index (χ0n) is 80.9. The number of hydrogen-bond acceptors (Lipinski definition) is 40. The number of ether oxygens (including phenoxy) is 3. The van der Waals surface area contributed by atoms with Crippen molar-refractivity contribution in [1.82, 2.24) is 44.1 Å². The Morgan fingerprint density at radius 2 is 0.477 bits per heavy atom. The molecule has 0 amide bonds. The summed E-state index contributed by atoms with van der Waals surface area (Å²) in [6.45, 7) is 87.2. The van der Waals surface area contributed by atoms with Crippen LogP contribution in [-0.4, -0.2) is 411 Å². The number of rotatable bonds is 51. The zero-order valence-corrected chi connectivity index (χ0v) is 89.1. The van der Waals surface area contributed by atoms with Crippen molar-refractivity contribution in [3.63, 3.8) is 0 Å². The minimum atomic E-state index is -6.29. The van der Waals surface area contributed by atoms with Gasteiger partial charge >= 0.3 is 93.6 Å². The van der Waals surface area contributed by atoms with Crippen LogP contribution in [0.25, 0.3) is 0 Å². The Labute approximate surface area is 784 Å². The van der Waals surface area contributed by atoms with Gasteiger partial charge in [-0.2, -0.15) is 75.8 Å². The lowest BCUT2D eigenvalue weighted by molar-refractivity contribution is -0.325. The largest absolute Gasteiger partial charge is 0.446 e. The van der Waals surface area contributed by atoms with Crippen molar-refractivity contribution in [1.29, 1.82) is 0 Å². The minimum Gasteiger partial charge on any atom is -0.362 e. The normalized spacial score (nSPS) is 19.2. The number of hydrogen-bond donors (Lipinski definition) is 9. The topological polar surface area (TPSA) is 629 Å². The molecule has 0 spiro atoms. The SMILES string of the molecule is CCN(CC)CC.CCN(CC)CC.CCN(CC)CC.CCN(CC)CC.CCN(CC)CC.CCN(CC)CC.CCN(CC)CC.CCN(CC)CC.CCN(CC)CC.O=S(=O)(O)OC[C@H]1O[C@@H](Sc2cc(OS(=O)(=O)O)ccc2OS(=O)(=O)O)[C@H](OS(=O)(=O)O)[C@@H](OS(=O)(=O)O)[C@@H]1O[C@H]1O[C@H](COS(=O)(=O)O)[C@@H](OS(=O)(=O)O)[C@H](OS(=O)(=O)O)[C@H]1OS(=O)(=O)O. The highest BCUT2D eigenvalue weighted by atomic mass is 32.3. The van der Waals surface area contributed by atoms with Crippen LogP contribution in [0.4, 0.5) is 0 Å². The summed E-state index contributed by atoms with van der Waals surface area (Å²) >= 11 is -0.371. The van der Waals surface area contributed by atoms with Crippen LogP contribution in [0.5, 0.6) is 11.5 Å². The molecule has 9 N–H and O–H groups in total. The molecule has 2 aliphatic rings. The summed E-state index contributed by atoms with van der Waals surface area (Å²) < 4.78 is 351. The number of benzene rings is 1.